The lowest BCUT2D eigenvalue weighted by Crippen LogP contribution is -2.60. The van der Waals surface area contributed by atoms with Crippen molar-refractivity contribution >= 4 is 137 Å². The second-order valence-electron chi connectivity index (χ2n) is 28.1. The number of carbonyl (C=O) groups is 12. The van der Waals surface area contributed by atoms with Crippen molar-refractivity contribution in [3.63, 3.8) is 0 Å². The molecule has 12 unspecified atom stereocenters. The minimum absolute atomic E-state index is 0.00121. The van der Waals surface area contributed by atoms with E-state index in [0.29, 0.717) is 32.2 Å². The third-order valence-electron chi connectivity index (χ3n) is 17.7. The fraction of sp³-hybridized carbons (Fsp3) is 0.691. The number of nitrogens with one attached hydrogen (secondary N) is 11. The zero-order valence-corrected chi connectivity index (χ0v) is 70.4. The molecule has 1 rings (SSSR count). The van der Waals surface area contributed by atoms with Crippen molar-refractivity contribution in [1.82, 2.24) is 58.5 Å². The molecule has 698 valence electrons. The van der Waals surface area contributed by atoms with Gasteiger partial charge in [0.15, 0.2) is 53.6 Å². The van der Waals surface area contributed by atoms with Gasteiger partial charge in [-0.25, -0.2) is 9.59 Å². The van der Waals surface area contributed by atoms with E-state index < -0.39 is 138 Å². The molecule has 0 aliphatic carbocycles. The van der Waals surface area contributed by atoms with Crippen LogP contribution < -0.4 is 173 Å². The van der Waals surface area contributed by atoms with Crippen molar-refractivity contribution in [3.8, 4) is 0 Å². The number of rotatable bonds is 63. The predicted octanol–water partition coefficient (Wildman–Crippen LogP) is -14.4. The molecule has 0 radical (unpaired) electrons. The molecule has 53 N–H and O–H groups in total. The third kappa shape index (κ3) is 54.3. The molecule has 1 saturated heterocycles. The number of unbranched alkanes of at least 4 members (excludes halogenated alkanes) is 1. The van der Waals surface area contributed by atoms with E-state index in [-0.39, 0.29) is 246 Å². The van der Waals surface area contributed by atoms with Crippen LogP contribution in [0.1, 0.15) is 148 Å². The van der Waals surface area contributed by atoms with Crippen molar-refractivity contribution in [2.24, 2.45) is 160 Å². The van der Waals surface area contributed by atoms with Crippen LogP contribution in [-0.2, 0) is 57.5 Å². The van der Waals surface area contributed by atoms with Gasteiger partial charge in [0.25, 0.3) is 0 Å². The zero-order chi connectivity index (χ0) is 92.9. The Morgan fingerprint density at radius 3 is 0.659 bits per heavy atom. The number of nitrogens with zero attached hydrogens (tertiary/aromatic N) is 9. The average Bonchev–Trinajstić information content (AvgIpc) is 1.08. The molecule has 55 heteroatoms. The van der Waals surface area contributed by atoms with Crippen molar-refractivity contribution in [1.29, 1.82) is 0 Å². The Bertz CT molecular complexity index is 3560. The highest BCUT2D eigenvalue weighted by atomic mass is 32.1. The second kappa shape index (κ2) is 64.2. The van der Waals surface area contributed by atoms with Crippen molar-refractivity contribution in [2.75, 3.05) is 77.7 Å². The quantitative estimate of drug-likeness (QED) is 0.0116. The van der Waals surface area contributed by atoms with E-state index in [1.54, 1.807) is 0 Å². The fourth-order valence-electron chi connectivity index (χ4n) is 11.4. The molecule has 0 aromatic carbocycles. The molecule has 1 fully saturated rings. The SMILES string of the molecule is NC(N)=NCCCC(NC(=O)C(CCCN=C(N)N)NC(=O)C(CCCN=C(N)N)NC(=O)C(CCCN=C(N)N)NC(=O)C1CCCN1)C(=O)O.NCCCCC(NC(=O)C(CCCN=C(N)N)NC(=O)C(CCCN=C(N)N)NC(=O)C(CCCN=C(N)N)NC(=O)C(N)CS)C(=O)NC(CCCN=C(N)N)C(=O)NC(CCCN=C(N)N)C(=O)O. The average molecular weight is 1770 g/mol. The second-order valence-corrected chi connectivity index (χ2v) is 28.4. The Labute approximate surface area is 718 Å². The molecule has 54 nitrogen and oxygen atoms in total. The first-order chi connectivity index (χ1) is 58.1. The van der Waals surface area contributed by atoms with Crippen LogP contribution in [0.5, 0.6) is 0 Å². The van der Waals surface area contributed by atoms with E-state index >= 15 is 0 Å². The molecule has 0 aromatic rings. The number of hydrogen-bond donors (Lipinski definition) is 34. The standard InChI is InChI=1S/C39H79N23O8S.C29H57N17O6/c40-14-2-1-8-22(29(64)61-26(12-6-18-55-38(48)49)33(68)62-27(34(69)70)13-7-19-56-39(50)51)58-31(66)24(10-4-16-53-36(44)45)60-32(67)25(11-5-17-54-37(46)47)59-30(65)23(9-3-15-52-35(42)43)57-28(63)21(41)20-71;30-26(31)39-12-2-7-17(43-21(47)16-6-1-11-38-16)22(48)44-18(8-3-13-40-27(32)33)23(49)45-19(9-4-14-41-28(34)35)24(50)46-20(25(51)52)10-5-15-42-29(36)37/h21-27,71H,1-20,40-41H2,(H,57,63)(H,58,66)(H,59,65)(H,60,67)(H,61,64)(H,62,68)(H,69,70)(H4,42,43,52)(H4,44,45,53)(H4,46,47,54)(H4,48,49,55)(H4,50,51,56);16-20,38H,1-15H2,(H,43,47)(H,44,48)(H,45,49)(H,46,50)(H,51,52)(H4,30,31,39)(H4,32,33,40)(H4,34,35,41)(H4,36,37,42). The first-order valence-electron chi connectivity index (χ1n) is 39.9. The molecule has 0 spiro atoms. The molecule has 1 aliphatic rings. The Kier molecular flexibility index (Phi) is 57.6. The lowest BCUT2D eigenvalue weighted by molar-refractivity contribution is -0.143. The maximum atomic E-state index is 14.3. The minimum Gasteiger partial charge on any atom is -0.480 e. The smallest absolute Gasteiger partial charge is 0.326 e. The van der Waals surface area contributed by atoms with Gasteiger partial charge in [0.05, 0.1) is 12.1 Å². The first-order valence-corrected chi connectivity index (χ1v) is 40.5. The van der Waals surface area contributed by atoms with Gasteiger partial charge in [-0.1, -0.05) is 0 Å². The summed E-state index contributed by atoms with van der Waals surface area (Å²) < 4.78 is 0. The molecule has 123 heavy (non-hydrogen) atoms. The molecular formula is C68H136N40O14S. The molecule has 1 heterocycles. The summed E-state index contributed by atoms with van der Waals surface area (Å²) in [5.74, 6) is -11.9. The van der Waals surface area contributed by atoms with Crippen LogP contribution >= 0.6 is 12.6 Å². The van der Waals surface area contributed by atoms with Gasteiger partial charge in [-0.15, -0.1) is 0 Å². The van der Waals surface area contributed by atoms with Crippen LogP contribution in [0.25, 0.3) is 0 Å². The highest BCUT2D eigenvalue weighted by molar-refractivity contribution is 7.80. The van der Waals surface area contributed by atoms with E-state index in [1.807, 2.05) is 0 Å². The Morgan fingerprint density at radius 1 is 0.293 bits per heavy atom. The van der Waals surface area contributed by atoms with Crippen LogP contribution in [0, 0.1) is 0 Å². The zero-order valence-electron chi connectivity index (χ0n) is 69.5. The summed E-state index contributed by atoms with van der Waals surface area (Å²) in [6.07, 6.45) is 3.88. The van der Waals surface area contributed by atoms with Gasteiger partial charge in [0, 0.05) is 64.7 Å². The van der Waals surface area contributed by atoms with E-state index in [2.05, 4.69) is 116 Å². The minimum atomic E-state index is -1.39. The molecule has 10 amide bonds. The summed E-state index contributed by atoms with van der Waals surface area (Å²) >= 11 is 4.05. The fourth-order valence-corrected chi connectivity index (χ4v) is 11.6. The highest BCUT2D eigenvalue weighted by Crippen LogP contribution is 2.14. The number of carboxylic acid groups (broad SMARTS) is 2. The van der Waals surface area contributed by atoms with Crippen LogP contribution in [0.2, 0.25) is 0 Å². The van der Waals surface area contributed by atoms with Crippen molar-refractivity contribution < 1.29 is 67.7 Å². The van der Waals surface area contributed by atoms with Crippen LogP contribution in [-0.4, -0.2) is 285 Å². The predicted molar refractivity (Wildman–Crippen MR) is 470 cm³/mol. The van der Waals surface area contributed by atoms with Crippen molar-refractivity contribution in [3.05, 3.63) is 0 Å². The van der Waals surface area contributed by atoms with E-state index in [9.17, 15) is 67.7 Å². The number of aliphatic carboxylic acids is 2. The van der Waals surface area contributed by atoms with E-state index in [4.69, 9.17) is 115 Å². The highest BCUT2D eigenvalue weighted by Gasteiger charge is 2.36. The number of aliphatic imine (C=N–C) groups is 9. The first kappa shape index (κ1) is 110. The Balaban J connectivity index is 0.00000254. The lowest BCUT2D eigenvalue weighted by atomic mass is 10.0. The Hall–Kier alpha value is -12.7. The van der Waals surface area contributed by atoms with E-state index in [1.165, 1.54) is 0 Å². The maximum Gasteiger partial charge on any atom is 0.326 e. The summed E-state index contributed by atoms with van der Waals surface area (Å²) in [5.41, 5.74) is 109. The summed E-state index contributed by atoms with van der Waals surface area (Å²) in [7, 11) is 0. The number of thiol groups is 1. The van der Waals surface area contributed by atoms with Crippen LogP contribution in [0.15, 0.2) is 44.9 Å². The normalized spacial score (nSPS) is 14.5. The summed E-state index contributed by atoms with van der Waals surface area (Å²) in [5, 5.41) is 48.8. The van der Waals surface area contributed by atoms with Gasteiger partial charge in [-0.3, -0.25) is 92.9 Å². The summed E-state index contributed by atoms with van der Waals surface area (Å²) in [6, 6.07) is -14.5. The topological polar surface area (TPSA) is 1010 Å². The van der Waals surface area contributed by atoms with Gasteiger partial charge in [0.1, 0.15) is 60.4 Å². The van der Waals surface area contributed by atoms with Gasteiger partial charge in [0.2, 0.25) is 59.1 Å². The molecule has 0 saturated carbocycles. The van der Waals surface area contributed by atoms with Crippen LogP contribution in [0.3, 0.4) is 0 Å². The van der Waals surface area contributed by atoms with E-state index in [0.717, 1.165) is 6.42 Å². The third-order valence-corrected chi connectivity index (χ3v) is 18.1. The molecule has 1 aliphatic heterocycles. The van der Waals surface area contributed by atoms with Gasteiger partial charge in [-0.05, 0) is 161 Å². The monoisotopic (exact) mass is 1770 g/mol. The lowest BCUT2D eigenvalue weighted by Gasteiger charge is -2.28. The molecular weight excluding hydrogens is 1630 g/mol. The number of guanidine groups is 9. The summed E-state index contributed by atoms with van der Waals surface area (Å²) in [4.78, 5) is 196. The molecule has 0 bridgehead atoms. The molecule has 0 aromatic heterocycles. The van der Waals surface area contributed by atoms with Crippen LogP contribution in [0.4, 0.5) is 0 Å². The number of carboxylic acids is 2. The number of carbonyl (C=O) groups excluding carboxylic acids is 10. The van der Waals surface area contributed by atoms with Gasteiger partial charge in [-0.2, -0.15) is 12.6 Å². The maximum absolute atomic E-state index is 14.3. The number of amides is 10. The molecule has 12 atom stereocenters. The van der Waals surface area contributed by atoms with Gasteiger partial charge < -0.3 is 183 Å². The van der Waals surface area contributed by atoms with Crippen molar-refractivity contribution in [2.45, 2.75) is 220 Å². The Morgan fingerprint density at radius 2 is 0.480 bits per heavy atom. The number of hydrogen-bond acceptors (Lipinski definition) is 25. The summed E-state index contributed by atoms with van der Waals surface area (Å²) in [6.45, 7) is 1.76. The largest absolute Gasteiger partial charge is 0.480 e. The number of nitrogens with two attached hydrogens (primary N) is 20. The van der Waals surface area contributed by atoms with Gasteiger partial charge >= 0.3 is 11.9 Å².